The third-order valence-electron chi connectivity index (χ3n) is 13.5. The lowest BCUT2D eigenvalue weighted by atomic mass is 10.0. The van der Waals surface area contributed by atoms with Gasteiger partial charge in [-0.3, -0.25) is 4.79 Å². The van der Waals surface area contributed by atoms with E-state index in [4.69, 9.17) is 0 Å². The number of carbonyl (C=O) groups excluding carboxylic acids is 1. The predicted octanol–water partition coefficient (Wildman–Crippen LogP) is 17.7. The number of hydrogen-bond donors (Lipinski definition) is 4. The number of unbranched alkanes of at least 4 members (excludes halogenated alkanes) is 43. The minimum Gasteiger partial charge on any atom is -0.394 e. The lowest BCUT2D eigenvalue weighted by molar-refractivity contribution is -0.131. The van der Waals surface area contributed by atoms with E-state index in [2.05, 4.69) is 31.3 Å². The average molecular weight is 889 g/mol. The zero-order valence-electron chi connectivity index (χ0n) is 42.7. The van der Waals surface area contributed by atoms with Crippen LogP contribution in [0, 0.1) is 0 Å². The summed E-state index contributed by atoms with van der Waals surface area (Å²) in [5.74, 6) is -0.498. The van der Waals surface area contributed by atoms with Gasteiger partial charge in [-0.25, -0.2) is 0 Å². The van der Waals surface area contributed by atoms with Gasteiger partial charge in [-0.2, -0.15) is 0 Å². The van der Waals surface area contributed by atoms with E-state index in [0.717, 1.165) is 32.1 Å². The number of rotatable bonds is 53. The van der Waals surface area contributed by atoms with E-state index in [1.165, 1.54) is 263 Å². The van der Waals surface area contributed by atoms with Crippen molar-refractivity contribution in [3.63, 3.8) is 0 Å². The minimum atomic E-state index is -1.10. The number of aliphatic hydroxyl groups excluding tert-OH is 3. The molecule has 0 aliphatic rings. The van der Waals surface area contributed by atoms with Crippen LogP contribution in [0.4, 0.5) is 0 Å². The highest BCUT2D eigenvalue weighted by Crippen LogP contribution is 2.17. The van der Waals surface area contributed by atoms with E-state index in [9.17, 15) is 20.1 Å². The monoisotopic (exact) mass is 888 g/mol. The molecule has 0 fully saturated rings. The van der Waals surface area contributed by atoms with Gasteiger partial charge in [0.2, 0.25) is 5.91 Å². The summed E-state index contributed by atoms with van der Waals surface area (Å²) in [6, 6.07) is -0.796. The van der Waals surface area contributed by atoms with Gasteiger partial charge in [-0.1, -0.05) is 295 Å². The molecule has 63 heavy (non-hydrogen) atoms. The largest absolute Gasteiger partial charge is 0.394 e. The molecule has 0 bridgehead atoms. The van der Waals surface area contributed by atoms with Crippen molar-refractivity contribution < 1.29 is 20.1 Å². The van der Waals surface area contributed by atoms with Gasteiger partial charge in [-0.15, -0.1) is 0 Å². The van der Waals surface area contributed by atoms with Gasteiger partial charge in [0.1, 0.15) is 6.10 Å². The maximum Gasteiger partial charge on any atom is 0.249 e. The molecular weight excluding hydrogens is 775 g/mol. The molecule has 0 saturated heterocycles. The van der Waals surface area contributed by atoms with Crippen molar-refractivity contribution in [1.29, 1.82) is 0 Å². The lowest BCUT2D eigenvalue weighted by Crippen LogP contribution is -2.48. The first kappa shape index (κ1) is 61.8. The van der Waals surface area contributed by atoms with Crippen molar-refractivity contribution in [3.05, 3.63) is 24.3 Å². The molecule has 1 amide bonds. The number of allylic oxidation sites excluding steroid dienone is 3. The number of carbonyl (C=O) groups is 1. The lowest BCUT2D eigenvalue weighted by Gasteiger charge is -2.21. The summed E-state index contributed by atoms with van der Waals surface area (Å²) in [4.78, 5) is 12.6. The third-order valence-corrected chi connectivity index (χ3v) is 13.5. The van der Waals surface area contributed by atoms with Crippen LogP contribution in [0.15, 0.2) is 24.3 Å². The Kier molecular flexibility index (Phi) is 52.5. The molecule has 5 nitrogen and oxygen atoms in total. The fourth-order valence-corrected chi connectivity index (χ4v) is 9.07. The van der Waals surface area contributed by atoms with E-state index >= 15 is 0 Å². The molecule has 0 aromatic rings. The third kappa shape index (κ3) is 48.6. The topological polar surface area (TPSA) is 89.8 Å². The van der Waals surface area contributed by atoms with Crippen LogP contribution >= 0.6 is 0 Å². The second-order valence-electron chi connectivity index (χ2n) is 19.9. The highest BCUT2D eigenvalue weighted by Gasteiger charge is 2.22. The average Bonchev–Trinajstić information content (AvgIpc) is 3.29. The van der Waals surface area contributed by atoms with E-state index in [1.807, 2.05) is 6.08 Å². The standard InChI is InChI=1S/C58H113NO4/c1-3-5-7-9-11-13-15-17-19-21-23-24-25-26-27-28-29-30-31-32-33-35-37-39-41-43-45-47-49-51-53-57(62)58(63)59-55(54-60)56(61)52-50-48-46-44-42-40-38-36-34-22-20-18-16-14-12-10-8-6-4-2/h26-27,50,52,55-57,60-62H,3-25,28-49,51,53-54H2,1-2H3,(H,59,63)/b27-26-,52-50+. The minimum absolute atomic E-state index is 0.360. The fraction of sp³-hybridized carbons (Fsp3) is 0.914. The Balaban J connectivity index is 3.53. The normalized spacial score (nSPS) is 13.4. The van der Waals surface area contributed by atoms with Gasteiger partial charge in [0, 0.05) is 0 Å². The van der Waals surface area contributed by atoms with E-state index in [-0.39, 0.29) is 6.61 Å². The molecule has 3 atom stereocenters. The summed E-state index contributed by atoms with van der Waals surface area (Å²) in [5, 5.41) is 33.4. The second kappa shape index (κ2) is 53.4. The fourth-order valence-electron chi connectivity index (χ4n) is 9.07. The van der Waals surface area contributed by atoms with Crippen LogP contribution in [0.5, 0.6) is 0 Å². The molecule has 0 saturated carbocycles. The Labute approximate surface area is 394 Å². The van der Waals surface area contributed by atoms with Crippen LogP contribution in [0.25, 0.3) is 0 Å². The molecule has 0 radical (unpaired) electrons. The first-order chi connectivity index (χ1) is 31.1. The van der Waals surface area contributed by atoms with Crippen molar-refractivity contribution in [1.82, 2.24) is 5.32 Å². The van der Waals surface area contributed by atoms with Gasteiger partial charge < -0.3 is 20.6 Å². The molecule has 0 rings (SSSR count). The highest BCUT2D eigenvalue weighted by atomic mass is 16.3. The van der Waals surface area contributed by atoms with E-state index in [0.29, 0.717) is 6.42 Å². The van der Waals surface area contributed by atoms with Crippen molar-refractivity contribution in [3.8, 4) is 0 Å². The van der Waals surface area contributed by atoms with E-state index < -0.39 is 24.2 Å². The zero-order valence-corrected chi connectivity index (χ0v) is 42.7. The SMILES string of the molecule is CCCCCCCCCCCCCC/C=C\CCCCCCCCCCCCCCCCC(O)C(=O)NC(CO)C(O)/C=C/CCCCCCCCCCCCCCCCCCC. The van der Waals surface area contributed by atoms with Crippen LogP contribution in [0.2, 0.25) is 0 Å². The van der Waals surface area contributed by atoms with Gasteiger partial charge in [0.05, 0.1) is 18.8 Å². The molecule has 0 aromatic carbocycles. The maximum atomic E-state index is 12.6. The smallest absolute Gasteiger partial charge is 0.249 e. The Morgan fingerprint density at radius 2 is 0.635 bits per heavy atom. The van der Waals surface area contributed by atoms with Crippen LogP contribution in [0.1, 0.15) is 316 Å². The summed E-state index contributed by atoms with van der Waals surface area (Å²) in [7, 11) is 0. The molecule has 0 aromatic heterocycles. The molecule has 0 spiro atoms. The predicted molar refractivity (Wildman–Crippen MR) is 278 cm³/mol. The number of aliphatic hydroxyl groups is 3. The maximum absolute atomic E-state index is 12.6. The zero-order chi connectivity index (χ0) is 45.8. The van der Waals surface area contributed by atoms with Gasteiger partial charge in [-0.05, 0) is 44.9 Å². The highest BCUT2D eigenvalue weighted by molar-refractivity contribution is 5.80. The molecule has 0 aliphatic heterocycles. The van der Waals surface area contributed by atoms with Gasteiger partial charge in [0.25, 0.3) is 0 Å². The summed E-state index contributed by atoms with van der Waals surface area (Å²) in [6.45, 7) is 4.22. The number of nitrogens with one attached hydrogen (secondary N) is 1. The molecule has 4 N–H and O–H groups in total. The van der Waals surface area contributed by atoms with Crippen molar-refractivity contribution in [2.75, 3.05) is 6.61 Å². The molecule has 5 heteroatoms. The Bertz CT molecular complexity index is 936. The summed E-state index contributed by atoms with van der Waals surface area (Å²) in [6.07, 6.45) is 68.3. The number of amides is 1. The quantitative estimate of drug-likeness (QED) is 0.0362. The Morgan fingerprint density at radius 3 is 0.921 bits per heavy atom. The molecule has 374 valence electrons. The Morgan fingerprint density at radius 1 is 0.381 bits per heavy atom. The van der Waals surface area contributed by atoms with Crippen LogP contribution < -0.4 is 5.32 Å². The summed E-state index contributed by atoms with van der Waals surface area (Å²) < 4.78 is 0. The van der Waals surface area contributed by atoms with Crippen LogP contribution in [-0.4, -0.2) is 46.1 Å². The number of hydrogen-bond acceptors (Lipinski definition) is 4. The van der Waals surface area contributed by atoms with Crippen LogP contribution in [-0.2, 0) is 4.79 Å². The van der Waals surface area contributed by atoms with Crippen LogP contribution in [0.3, 0.4) is 0 Å². The van der Waals surface area contributed by atoms with Gasteiger partial charge >= 0.3 is 0 Å². The molecule has 3 unspecified atom stereocenters. The van der Waals surface area contributed by atoms with E-state index in [1.54, 1.807) is 6.08 Å². The van der Waals surface area contributed by atoms with Gasteiger partial charge in [0.15, 0.2) is 0 Å². The van der Waals surface area contributed by atoms with Crippen molar-refractivity contribution >= 4 is 5.91 Å². The Hall–Kier alpha value is -1.17. The molecule has 0 heterocycles. The summed E-state index contributed by atoms with van der Waals surface area (Å²) in [5.41, 5.74) is 0. The first-order valence-electron chi connectivity index (χ1n) is 28.7. The molecule has 0 aliphatic carbocycles. The summed E-state index contributed by atoms with van der Waals surface area (Å²) >= 11 is 0. The molecular formula is C58H113NO4. The second-order valence-corrected chi connectivity index (χ2v) is 19.9. The first-order valence-corrected chi connectivity index (χ1v) is 28.7. The van der Waals surface area contributed by atoms with Crippen molar-refractivity contribution in [2.45, 2.75) is 334 Å². The van der Waals surface area contributed by atoms with Crippen molar-refractivity contribution in [2.24, 2.45) is 0 Å².